The number of nitrogens with one attached hydrogen (secondary N) is 2. The first-order valence-corrected chi connectivity index (χ1v) is 9.26. The maximum atomic E-state index is 12.7. The van der Waals surface area contributed by atoms with Crippen LogP contribution in [0.3, 0.4) is 0 Å². The number of hydrogen-bond donors (Lipinski definition) is 2. The summed E-state index contributed by atoms with van der Waals surface area (Å²) in [6, 6.07) is 13.1. The highest BCUT2D eigenvalue weighted by Gasteiger charge is 2.24. The fraction of sp³-hybridized carbons (Fsp3) is 0.286. The van der Waals surface area contributed by atoms with Crippen molar-refractivity contribution in [2.75, 3.05) is 10.6 Å². The number of benzene rings is 2. The van der Waals surface area contributed by atoms with Crippen LogP contribution >= 0.6 is 0 Å². The molecule has 0 unspecified atom stereocenters. The Kier molecular flexibility index (Phi) is 4.50. The van der Waals surface area contributed by atoms with E-state index in [2.05, 4.69) is 20.2 Å². The van der Waals surface area contributed by atoms with Crippen molar-refractivity contribution in [1.29, 1.82) is 0 Å². The van der Waals surface area contributed by atoms with Crippen molar-refractivity contribution in [1.82, 2.24) is 9.55 Å². The van der Waals surface area contributed by atoms with Gasteiger partial charge in [-0.3, -0.25) is 9.59 Å². The van der Waals surface area contributed by atoms with Crippen LogP contribution in [-0.4, -0.2) is 27.5 Å². The SMILES string of the molecule is Cc1nc2ccccc2n1C[C@H](C)C(=O)Nc1ccc2c(c1)NC(=O)[C@@H](C)O2. The quantitative estimate of drug-likeness (QED) is 0.729. The molecule has 0 saturated heterocycles. The molecule has 1 aliphatic rings. The third kappa shape index (κ3) is 3.31. The summed E-state index contributed by atoms with van der Waals surface area (Å²) in [6.07, 6.45) is -0.527. The van der Waals surface area contributed by atoms with Crippen molar-refractivity contribution in [3.05, 3.63) is 48.3 Å². The lowest BCUT2D eigenvalue weighted by molar-refractivity contribution is -0.122. The summed E-state index contributed by atoms with van der Waals surface area (Å²) in [5.41, 5.74) is 3.11. The van der Waals surface area contributed by atoms with Crippen molar-refractivity contribution in [3.8, 4) is 5.75 Å². The predicted molar refractivity (Wildman–Crippen MR) is 107 cm³/mol. The van der Waals surface area contributed by atoms with Crippen molar-refractivity contribution >= 4 is 34.2 Å². The first-order valence-electron chi connectivity index (χ1n) is 9.26. The number of aryl methyl sites for hydroxylation is 1. The number of rotatable bonds is 4. The molecule has 2 N–H and O–H groups in total. The van der Waals surface area contributed by atoms with E-state index in [-0.39, 0.29) is 17.7 Å². The molecule has 2 atom stereocenters. The Morgan fingerprint density at radius 3 is 2.93 bits per heavy atom. The van der Waals surface area contributed by atoms with Gasteiger partial charge in [0.25, 0.3) is 5.91 Å². The number of anilines is 2. The molecule has 144 valence electrons. The van der Waals surface area contributed by atoms with Crippen LogP contribution in [0, 0.1) is 12.8 Å². The van der Waals surface area contributed by atoms with Crippen LogP contribution in [0.25, 0.3) is 11.0 Å². The molecule has 2 heterocycles. The normalized spacial score (nSPS) is 16.8. The smallest absolute Gasteiger partial charge is 0.265 e. The average molecular weight is 378 g/mol. The van der Waals surface area contributed by atoms with E-state index in [1.54, 1.807) is 25.1 Å². The molecule has 0 fully saturated rings. The largest absolute Gasteiger partial charge is 0.479 e. The maximum Gasteiger partial charge on any atom is 0.265 e. The van der Waals surface area contributed by atoms with Gasteiger partial charge in [0.1, 0.15) is 11.6 Å². The van der Waals surface area contributed by atoms with Crippen LogP contribution in [-0.2, 0) is 16.1 Å². The second-order valence-corrected chi connectivity index (χ2v) is 7.11. The Bertz CT molecular complexity index is 1070. The predicted octanol–water partition coefficient (Wildman–Crippen LogP) is 3.34. The van der Waals surface area contributed by atoms with Gasteiger partial charge in [-0.15, -0.1) is 0 Å². The van der Waals surface area contributed by atoms with Crippen molar-refractivity contribution < 1.29 is 14.3 Å². The summed E-state index contributed by atoms with van der Waals surface area (Å²) < 4.78 is 7.60. The molecule has 4 rings (SSSR count). The van der Waals surface area contributed by atoms with Gasteiger partial charge in [-0.1, -0.05) is 19.1 Å². The summed E-state index contributed by atoms with van der Waals surface area (Å²) in [5, 5.41) is 5.71. The number of nitrogens with zero attached hydrogens (tertiary/aromatic N) is 2. The van der Waals surface area contributed by atoms with E-state index in [1.165, 1.54) is 0 Å². The first-order chi connectivity index (χ1) is 13.4. The van der Waals surface area contributed by atoms with E-state index in [4.69, 9.17) is 4.74 Å². The first kappa shape index (κ1) is 18.0. The van der Waals surface area contributed by atoms with Crippen LogP contribution in [0.1, 0.15) is 19.7 Å². The van der Waals surface area contributed by atoms with Crippen LogP contribution in [0.4, 0.5) is 11.4 Å². The molecule has 2 aromatic carbocycles. The number of hydrogen-bond acceptors (Lipinski definition) is 4. The van der Waals surface area contributed by atoms with Crippen molar-refractivity contribution in [3.63, 3.8) is 0 Å². The van der Waals surface area contributed by atoms with E-state index in [0.717, 1.165) is 16.9 Å². The summed E-state index contributed by atoms with van der Waals surface area (Å²) in [4.78, 5) is 29.0. The molecule has 7 nitrogen and oxygen atoms in total. The lowest BCUT2D eigenvalue weighted by Gasteiger charge is -2.24. The summed E-state index contributed by atoms with van der Waals surface area (Å²) in [7, 11) is 0. The summed E-state index contributed by atoms with van der Waals surface area (Å²) in [5.74, 6) is 0.904. The van der Waals surface area contributed by atoms with Crippen LogP contribution < -0.4 is 15.4 Å². The van der Waals surface area contributed by atoms with Gasteiger partial charge in [-0.25, -0.2) is 4.98 Å². The van der Waals surface area contributed by atoms with Gasteiger partial charge in [-0.2, -0.15) is 0 Å². The lowest BCUT2D eigenvalue weighted by atomic mass is 10.1. The van der Waals surface area contributed by atoms with Gasteiger partial charge in [0, 0.05) is 12.2 Å². The molecule has 7 heteroatoms. The van der Waals surface area contributed by atoms with Crippen LogP contribution in [0.5, 0.6) is 5.75 Å². The summed E-state index contributed by atoms with van der Waals surface area (Å²) in [6.45, 7) is 6.05. The summed E-state index contributed by atoms with van der Waals surface area (Å²) >= 11 is 0. The van der Waals surface area contributed by atoms with Crippen molar-refractivity contribution in [2.24, 2.45) is 5.92 Å². The molecule has 1 aliphatic heterocycles. The van der Waals surface area contributed by atoms with E-state index < -0.39 is 6.10 Å². The van der Waals surface area contributed by atoms with E-state index >= 15 is 0 Å². The number of carbonyl (C=O) groups is 2. The molecule has 0 saturated carbocycles. The average Bonchev–Trinajstić information content (AvgIpc) is 2.98. The molecule has 28 heavy (non-hydrogen) atoms. The lowest BCUT2D eigenvalue weighted by Crippen LogP contribution is -2.34. The number of ether oxygens (including phenoxy) is 1. The molecule has 2 amide bonds. The third-order valence-corrected chi connectivity index (χ3v) is 4.93. The molecule has 0 radical (unpaired) electrons. The molecule has 3 aromatic rings. The van der Waals surface area contributed by atoms with E-state index in [0.29, 0.717) is 23.7 Å². The van der Waals surface area contributed by atoms with Crippen LogP contribution in [0.2, 0.25) is 0 Å². The molecule has 0 spiro atoms. The fourth-order valence-electron chi connectivity index (χ4n) is 3.34. The highest BCUT2D eigenvalue weighted by atomic mass is 16.5. The van der Waals surface area contributed by atoms with Gasteiger partial charge in [0.15, 0.2) is 6.10 Å². The maximum absolute atomic E-state index is 12.7. The van der Waals surface area contributed by atoms with E-state index in [9.17, 15) is 9.59 Å². The molecule has 0 bridgehead atoms. The number of carbonyl (C=O) groups excluding carboxylic acids is 2. The number of aromatic nitrogens is 2. The second-order valence-electron chi connectivity index (χ2n) is 7.11. The van der Waals surface area contributed by atoms with Gasteiger partial charge < -0.3 is 19.9 Å². The zero-order valence-corrected chi connectivity index (χ0v) is 16.0. The van der Waals surface area contributed by atoms with Gasteiger partial charge in [0.2, 0.25) is 5.91 Å². The topological polar surface area (TPSA) is 85.3 Å². The number of para-hydroxylation sites is 2. The number of fused-ring (bicyclic) bond motifs is 2. The molecular weight excluding hydrogens is 356 g/mol. The zero-order chi connectivity index (χ0) is 19.8. The zero-order valence-electron chi connectivity index (χ0n) is 16.0. The van der Waals surface area contributed by atoms with Crippen molar-refractivity contribution in [2.45, 2.75) is 33.4 Å². The third-order valence-electron chi connectivity index (χ3n) is 4.93. The minimum atomic E-state index is -0.527. The Morgan fingerprint density at radius 1 is 1.32 bits per heavy atom. The Hall–Kier alpha value is -3.35. The van der Waals surface area contributed by atoms with Gasteiger partial charge in [-0.05, 0) is 44.2 Å². The van der Waals surface area contributed by atoms with Gasteiger partial charge >= 0.3 is 0 Å². The van der Waals surface area contributed by atoms with Gasteiger partial charge in [0.05, 0.1) is 22.6 Å². The standard InChI is InChI=1S/C21H22N4O3/c1-12(11-25-14(3)22-16-6-4-5-7-18(16)25)20(26)23-15-8-9-19-17(10-15)24-21(27)13(2)28-19/h4-10,12-13H,11H2,1-3H3,(H,23,26)(H,24,27)/t12-,13+/m0/s1. The minimum Gasteiger partial charge on any atom is -0.479 e. The Morgan fingerprint density at radius 2 is 2.11 bits per heavy atom. The second kappa shape index (κ2) is 6.99. The monoisotopic (exact) mass is 378 g/mol. The van der Waals surface area contributed by atoms with E-state index in [1.807, 2.05) is 38.1 Å². The fourth-order valence-corrected chi connectivity index (χ4v) is 3.34. The molecular formula is C21H22N4O3. The molecule has 0 aliphatic carbocycles. The highest BCUT2D eigenvalue weighted by Crippen LogP contribution is 2.32. The number of imidazole rings is 1. The Balaban J connectivity index is 1.48. The molecule has 1 aromatic heterocycles. The number of amides is 2. The Labute approximate surface area is 162 Å². The van der Waals surface area contributed by atoms with Crippen LogP contribution in [0.15, 0.2) is 42.5 Å². The highest BCUT2D eigenvalue weighted by molar-refractivity contribution is 5.99. The minimum absolute atomic E-state index is 0.103.